The fourth-order valence-corrected chi connectivity index (χ4v) is 2.46. The molecule has 0 bridgehead atoms. The van der Waals surface area contributed by atoms with Crippen molar-refractivity contribution >= 4 is 17.6 Å². The molecular weight excluding hydrogens is 328 g/mol. The molecule has 138 valence electrons. The highest BCUT2D eigenvalue weighted by molar-refractivity contribution is 5.92. The number of carbonyl (C=O) groups excluding carboxylic acids is 2. The Kier molecular flexibility index (Phi) is 7.14. The largest absolute Gasteiger partial charge is 0.338 e. The summed E-state index contributed by atoms with van der Waals surface area (Å²) < 4.78 is 0. The van der Waals surface area contributed by atoms with Crippen LogP contribution in [0.3, 0.4) is 0 Å². The highest BCUT2D eigenvalue weighted by atomic mass is 16.2. The van der Waals surface area contributed by atoms with Gasteiger partial charge in [0.25, 0.3) is 0 Å². The molecule has 2 N–H and O–H groups in total. The third kappa shape index (κ3) is 6.20. The minimum atomic E-state index is -0.127. The average molecular weight is 354 g/mol. The number of rotatable bonds is 7. The predicted molar refractivity (Wildman–Crippen MR) is 103 cm³/mol. The Bertz CT molecular complexity index is 714. The predicted octanol–water partition coefficient (Wildman–Crippen LogP) is 2.71. The van der Waals surface area contributed by atoms with Crippen LogP contribution in [0.4, 0.5) is 10.5 Å². The van der Waals surface area contributed by atoms with E-state index in [1.807, 2.05) is 43.3 Å². The van der Waals surface area contributed by atoms with Crippen molar-refractivity contribution < 1.29 is 9.59 Å². The molecule has 1 heterocycles. The van der Waals surface area contributed by atoms with Crippen molar-refractivity contribution in [1.82, 2.24) is 15.2 Å². The molecule has 2 aromatic rings. The van der Waals surface area contributed by atoms with Crippen molar-refractivity contribution in [3.63, 3.8) is 0 Å². The SMILES string of the molecule is CC(Cc1ccncc1)C(=O)Nc1ccc(CCNC(=O)N(C)C)cc1. The van der Waals surface area contributed by atoms with E-state index in [0.717, 1.165) is 23.2 Å². The fourth-order valence-electron chi connectivity index (χ4n) is 2.46. The van der Waals surface area contributed by atoms with Crippen LogP contribution in [0, 0.1) is 5.92 Å². The second-order valence-electron chi connectivity index (χ2n) is 6.52. The van der Waals surface area contributed by atoms with Gasteiger partial charge in [0.15, 0.2) is 0 Å². The number of amides is 3. The van der Waals surface area contributed by atoms with Gasteiger partial charge in [0.05, 0.1) is 0 Å². The Hall–Kier alpha value is -2.89. The summed E-state index contributed by atoms with van der Waals surface area (Å²) in [5, 5.41) is 5.78. The molecule has 2 rings (SSSR count). The van der Waals surface area contributed by atoms with Crippen LogP contribution in [0.1, 0.15) is 18.1 Å². The van der Waals surface area contributed by atoms with Gasteiger partial charge in [0.2, 0.25) is 5.91 Å². The Morgan fingerprint density at radius 3 is 2.31 bits per heavy atom. The first kappa shape index (κ1) is 19.4. The molecule has 0 saturated carbocycles. The average Bonchev–Trinajstić information content (AvgIpc) is 2.63. The van der Waals surface area contributed by atoms with Crippen LogP contribution in [0.2, 0.25) is 0 Å². The summed E-state index contributed by atoms with van der Waals surface area (Å²) in [4.78, 5) is 29.3. The lowest BCUT2D eigenvalue weighted by Gasteiger charge is -2.13. The van der Waals surface area contributed by atoms with Crippen LogP contribution in [0.5, 0.6) is 0 Å². The molecule has 0 radical (unpaired) electrons. The van der Waals surface area contributed by atoms with E-state index in [1.54, 1.807) is 26.5 Å². The first-order valence-corrected chi connectivity index (χ1v) is 8.69. The Balaban J connectivity index is 1.80. The lowest BCUT2D eigenvalue weighted by atomic mass is 10.0. The topological polar surface area (TPSA) is 74.3 Å². The van der Waals surface area contributed by atoms with Crippen molar-refractivity contribution in [2.24, 2.45) is 5.92 Å². The second-order valence-corrected chi connectivity index (χ2v) is 6.52. The van der Waals surface area contributed by atoms with Crippen molar-refractivity contribution in [1.29, 1.82) is 0 Å². The molecule has 26 heavy (non-hydrogen) atoms. The number of nitrogens with zero attached hydrogens (tertiary/aromatic N) is 2. The first-order chi connectivity index (χ1) is 12.5. The highest BCUT2D eigenvalue weighted by Crippen LogP contribution is 2.14. The molecule has 6 heteroatoms. The summed E-state index contributed by atoms with van der Waals surface area (Å²) >= 11 is 0. The number of urea groups is 1. The molecule has 0 saturated heterocycles. The van der Waals surface area contributed by atoms with Crippen LogP contribution >= 0.6 is 0 Å². The molecule has 0 spiro atoms. The van der Waals surface area contributed by atoms with Gasteiger partial charge in [0, 0.05) is 44.6 Å². The molecular formula is C20H26N4O2. The lowest BCUT2D eigenvalue weighted by molar-refractivity contribution is -0.119. The van der Waals surface area contributed by atoms with E-state index in [4.69, 9.17) is 0 Å². The summed E-state index contributed by atoms with van der Waals surface area (Å²) in [7, 11) is 3.42. The molecule has 1 unspecified atom stereocenters. The van der Waals surface area contributed by atoms with E-state index < -0.39 is 0 Å². The molecule has 3 amide bonds. The van der Waals surface area contributed by atoms with E-state index in [9.17, 15) is 9.59 Å². The molecule has 6 nitrogen and oxygen atoms in total. The third-order valence-corrected chi connectivity index (χ3v) is 4.06. The Morgan fingerprint density at radius 1 is 1.04 bits per heavy atom. The van der Waals surface area contributed by atoms with Crippen LogP contribution < -0.4 is 10.6 Å². The molecule has 0 aliphatic heterocycles. The maximum Gasteiger partial charge on any atom is 0.316 e. The zero-order valence-electron chi connectivity index (χ0n) is 15.5. The van der Waals surface area contributed by atoms with Gasteiger partial charge in [-0.3, -0.25) is 9.78 Å². The minimum Gasteiger partial charge on any atom is -0.338 e. The van der Waals surface area contributed by atoms with Gasteiger partial charge in [-0.15, -0.1) is 0 Å². The normalized spacial score (nSPS) is 11.5. The van der Waals surface area contributed by atoms with Crippen LogP contribution in [0.25, 0.3) is 0 Å². The highest BCUT2D eigenvalue weighted by Gasteiger charge is 2.13. The minimum absolute atomic E-state index is 0.00666. The fraction of sp³-hybridized carbons (Fsp3) is 0.350. The number of hydrogen-bond acceptors (Lipinski definition) is 3. The monoisotopic (exact) mass is 354 g/mol. The van der Waals surface area contributed by atoms with Gasteiger partial charge >= 0.3 is 6.03 Å². The standard InChI is InChI=1S/C20H26N4O2/c1-15(14-17-8-11-21-12-9-17)19(25)23-18-6-4-16(5-7-18)10-13-22-20(26)24(2)3/h4-9,11-12,15H,10,13-14H2,1-3H3,(H,22,26)(H,23,25). The van der Waals surface area contributed by atoms with Crippen LogP contribution in [-0.2, 0) is 17.6 Å². The van der Waals surface area contributed by atoms with Crippen molar-refractivity contribution in [2.45, 2.75) is 19.8 Å². The number of anilines is 1. The maximum absolute atomic E-state index is 12.3. The third-order valence-electron chi connectivity index (χ3n) is 4.06. The Labute approximate surface area is 154 Å². The van der Waals surface area contributed by atoms with Gasteiger partial charge < -0.3 is 15.5 Å². The van der Waals surface area contributed by atoms with Gasteiger partial charge in [-0.25, -0.2) is 4.79 Å². The maximum atomic E-state index is 12.3. The smallest absolute Gasteiger partial charge is 0.316 e. The molecule has 1 aromatic heterocycles. The summed E-state index contributed by atoms with van der Waals surface area (Å²) in [6.07, 6.45) is 4.89. The first-order valence-electron chi connectivity index (χ1n) is 8.69. The van der Waals surface area contributed by atoms with Gasteiger partial charge in [0.1, 0.15) is 0 Å². The number of hydrogen-bond donors (Lipinski definition) is 2. The number of carbonyl (C=O) groups is 2. The zero-order chi connectivity index (χ0) is 18.9. The number of benzene rings is 1. The molecule has 1 aromatic carbocycles. The zero-order valence-corrected chi connectivity index (χ0v) is 15.5. The number of nitrogens with one attached hydrogen (secondary N) is 2. The van der Waals surface area contributed by atoms with Crippen molar-refractivity contribution in [2.75, 3.05) is 26.0 Å². The van der Waals surface area contributed by atoms with E-state index in [0.29, 0.717) is 13.0 Å². The van der Waals surface area contributed by atoms with Crippen molar-refractivity contribution in [3.05, 3.63) is 59.9 Å². The van der Waals surface area contributed by atoms with Gasteiger partial charge in [-0.05, 0) is 48.2 Å². The lowest BCUT2D eigenvalue weighted by Crippen LogP contribution is -2.35. The summed E-state index contributed by atoms with van der Waals surface area (Å²) in [6.45, 7) is 2.49. The molecule has 0 aliphatic carbocycles. The molecule has 1 atom stereocenters. The number of pyridine rings is 1. The molecule has 0 aliphatic rings. The van der Waals surface area contributed by atoms with E-state index in [-0.39, 0.29) is 17.9 Å². The number of aromatic nitrogens is 1. The summed E-state index contributed by atoms with van der Waals surface area (Å²) in [5.41, 5.74) is 2.97. The summed E-state index contributed by atoms with van der Waals surface area (Å²) in [5.74, 6) is -0.133. The van der Waals surface area contributed by atoms with Crippen LogP contribution in [0.15, 0.2) is 48.8 Å². The van der Waals surface area contributed by atoms with Gasteiger partial charge in [-0.2, -0.15) is 0 Å². The van der Waals surface area contributed by atoms with Crippen molar-refractivity contribution in [3.8, 4) is 0 Å². The molecule has 0 fully saturated rings. The van der Waals surface area contributed by atoms with E-state index in [2.05, 4.69) is 15.6 Å². The quantitative estimate of drug-likeness (QED) is 0.803. The van der Waals surface area contributed by atoms with Gasteiger partial charge in [-0.1, -0.05) is 19.1 Å². The second kappa shape index (κ2) is 9.56. The van der Waals surface area contributed by atoms with Crippen LogP contribution in [-0.4, -0.2) is 42.5 Å². The summed E-state index contributed by atoms with van der Waals surface area (Å²) in [6, 6.07) is 11.5. The Morgan fingerprint density at radius 2 is 1.69 bits per heavy atom. The van der Waals surface area contributed by atoms with E-state index in [1.165, 1.54) is 4.90 Å². The van der Waals surface area contributed by atoms with E-state index >= 15 is 0 Å².